The molecule has 2 aliphatic rings. The Hall–Kier alpha value is -2.88. The van der Waals surface area contributed by atoms with Gasteiger partial charge in [0, 0.05) is 0 Å². The molecule has 0 bridgehead atoms. The van der Waals surface area contributed by atoms with Gasteiger partial charge in [-0.25, -0.2) is 0 Å². The minimum Gasteiger partial charge on any atom is -0.493 e. The van der Waals surface area contributed by atoms with Crippen molar-refractivity contribution in [3.05, 3.63) is 58.5 Å². The summed E-state index contributed by atoms with van der Waals surface area (Å²) in [5, 5.41) is 5.52. The molecule has 160 valence electrons. The summed E-state index contributed by atoms with van der Waals surface area (Å²) in [6.07, 6.45) is 2.45. The SMILES string of the molecule is COc1cc(/C=C2/SC(=S)NC2=O)ccc1Oc1ccc(CC2COCC(=O)N2)cc1. The van der Waals surface area contributed by atoms with E-state index in [1.54, 1.807) is 25.3 Å². The molecule has 0 aromatic heterocycles. The second kappa shape index (κ2) is 9.51. The highest BCUT2D eigenvalue weighted by atomic mass is 32.2. The molecule has 2 aliphatic heterocycles. The molecule has 0 saturated carbocycles. The van der Waals surface area contributed by atoms with E-state index in [1.165, 1.54) is 11.8 Å². The predicted octanol–water partition coefficient (Wildman–Crippen LogP) is 3.03. The largest absolute Gasteiger partial charge is 0.493 e. The van der Waals surface area contributed by atoms with Crippen LogP contribution >= 0.6 is 24.0 Å². The number of amides is 2. The van der Waals surface area contributed by atoms with E-state index in [2.05, 4.69) is 10.6 Å². The summed E-state index contributed by atoms with van der Waals surface area (Å²) in [5.74, 6) is 1.48. The highest BCUT2D eigenvalue weighted by Crippen LogP contribution is 2.34. The highest BCUT2D eigenvalue weighted by molar-refractivity contribution is 8.26. The van der Waals surface area contributed by atoms with E-state index in [1.807, 2.05) is 30.3 Å². The van der Waals surface area contributed by atoms with Crippen LogP contribution in [0.3, 0.4) is 0 Å². The molecule has 2 fully saturated rings. The van der Waals surface area contributed by atoms with E-state index in [0.29, 0.717) is 39.5 Å². The van der Waals surface area contributed by atoms with Crippen LogP contribution in [0.2, 0.25) is 0 Å². The molecule has 2 heterocycles. The maximum atomic E-state index is 11.8. The first-order valence-corrected chi connectivity index (χ1v) is 10.8. The lowest BCUT2D eigenvalue weighted by Gasteiger charge is -2.23. The first kappa shape index (κ1) is 21.4. The number of hydrogen-bond donors (Lipinski definition) is 2. The number of benzene rings is 2. The van der Waals surface area contributed by atoms with Crippen molar-refractivity contribution >= 4 is 46.2 Å². The van der Waals surface area contributed by atoms with E-state index in [0.717, 1.165) is 11.1 Å². The molecule has 9 heteroatoms. The van der Waals surface area contributed by atoms with E-state index in [9.17, 15) is 9.59 Å². The van der Waals surface area contributed by atoms with E-state index >= 15 is 0 Å². The Bertz CT molecular complexity index is 1050. The summed E-state index contributed by atoms with van der Waals surface area (Å²) in [7, 11) is 1.56. The fourth-order valence-electron chi connectivity index (χ4n) is 3.25. The first-order valence-electron chi connectivity index (χ1n) is 9.57. The van der Waals surface area contributed by atoms with Crippen LogP contribution in [-0.4, -0.2) is 42.5 Å². The van der Waals surface area contributed by atoms with Crippen molar-refractivity contribution < 1.29 is 23.8 Å². The molecule has 0 radical (unpaired) electrons. The van der Waals surface area contributed by atoms with Gasteiger partial charge in [-0.15, -0.1) is 0 Å². The van der Waals surface area contributed by atoms with Crippen molar-refractivity contribution in [1.29, 1.82) is 0 Å². The van der Waals surface area contributed by atoms with Gasteiger partial charge in [0.1, 0.15) is 16.7 Å². The number of rotatable bonds is 6. The minimum atomic E-state index is -0.200. The zero-order chi connectivity index (χ0) is 21.8. The zero-order valence-corrected chi connectivity index (χ0v) is 18.3. The monoisotopic (exact) mass is 456 g/mol. The van der Waals surface area contributed by atoms with Gasteiger partial charge in [-0.1, -0.05) is 42.2 Å². The predicted molar refractivity (Wildman–Crippen MR) is 122 cm³/mol. The molecule has 0 aliphatic carbocycles. The number of hydrogen-bond acceptors (Lipinski definition) is 7. The molecule has 7 nitrogen and oxygen atoms in total. The van der Waals surface area contributed by atoms with Crippen LogP contribution in [0.4, 0.5) is 0 Å². The maximum Gasteiger partial charge on any atom is 0.263 e. The Morgan fingerprint density at radius 1 is 1.19 bits per heavy atom. The Balaban J connectivity index is 1.44. The fraction of sp³-hybridized carbons (Fsp3) is 0.227. The van der Waals surface area contributed by atoms with Crippen molar-refractivity contribution in [3.8, 4) is 17.2 Å². The lowest BCUT2D eigenvalue weighted by Crippen LogP contribution is -2.46. The van der Waals surface area contributed by atoms with Crippen molar-refractivity contribution in [1.82, 2.24) is 10.6 Å². The summed E-state index contributed by atoms with van der Waals surface area (Å²) < 4.78 is 17.2. The molecular formula is C22H20N2O5S2. The molecule has 1 unspecified atom stereocenters. The van der Waals surface area contributed by atoms with Gasteiger partial charge in [0.2, 0.25) is 5.91 Å². The molecule has 31 heavy (non-hydrogen) atoms. The van der Waals surface area contributed by atoms with Gasteiger partial charge in [-0.2, -0.15) is 0 Å². The average Bonchev–Trinajstić information content (AvgIpc) is 3.07. The van der Waals surface area contributed by atoms with Crippen LogP contribution in [0, 0.1) is 0 Å². The summed E-state index contributed by atoms with van der Waals surface area (Å²) in [6, 6.07) is 13.1. The molecule has 2 N–H and O–H groups in total. The van der Waals surface area contributed by atoms with Gasteiger partial charge in [0.05, 0.1) is 24.7 Å². The minimum absolute atomic E-state index is 0.0238. The maximum absolute atomic E-state index is 11.8. The van der Waals surface area contributed by atoms with Crippen LogP contribution in [0.25, 0.3) is 6.08 Å². The highest BCUT2D eigenvalue weighted by Gasteiger charge is 2.22. The second-order valence-corrected chi connectivity index (χ2v) is 8.71. The third kappa shape index (κ3) is 5.43. The Labute approximate surface area is 189 Å². The molecule has 4 rings (SSSR count). The van der Waals surface area contributed by atoms with Crippen LogP contribution in [-0.2, 0) is 20.7 Å². The summed E-state index contributed by atoms with van der Waals surface area (Å²) in [4.78, 5) is 23.8. The summed E-state index contributed by atoms with van der Waals surface area (Å²) in [6.45, 7) is 0.635. The van der Waals surface area contributed by atoms with Crippen LogP contribution in [0.1, 0.15) is 11.1 Å². The molecule has 2 saturated heterocycles. The fourth-order valence-corrected chi connectivity index (χ4v) is 4.29. The van der Waals surface area contributed by atoms with Crippen molar-refractivity contribution in [2.24, 2.45) is 0 Å². The summed E-state index contributed by atoms with van der Waals surface area (Å²) >= 11 is 6.24. The smallest absolute Gasteiger partial charge is 0.263 e. The number of carbonyl (C=O) groups excluding carboxylic acids is 2. The number of carbonyl (C=O) groups is 2. The van der Waals surface area contributed by atoms with Gasteiger partial charge < -0.3 is 24.8 Å². The number of morpholine rings is 1. The number of methoxy groups -OCH3 is 1. The third-order valence-corrected chi connectivity index (χ3v) is 5.84. The normalized spacial score (nSPS) is 19.8. The van der Waals surface area contributed by atoms with E-state index in [-0.39, 0.29) is 24.5 Å². The quantitative estimate of drug-likeness (QED) is 0.510. The summed E-state index contributed by atoms with van der Waals surface area (Å²) in [5.41, 5.74) is 1.88. The Morgan fingerprint density at radius 3 is 2.68 bits per heavy atom. The topological polar surface area (TPSA) is 85.9 Å². The van der Waals surface area contributed by atoms with Crippen molar-refractivity contribution in [2.45, 2.75) is 12.5 Å². The van der Waals surface area contributed by atoms with Crippen LogP contribution < -0.4 is 20.1 Å². The van der Waals surface area contributed by atoms with Gasteiger partial charge >= 0.3 is 0 Å². The molecule has 1 atom stereocenters. The first-order chi connectivity index (χ1) is 15.0. The van der Waals surface area contributed by atoms with Gasteiger partial charge in [0.25, 0.3) is 5.91 Å². The Kier molecular flexibility index (Phi) is 6.55. The van der Waals surface area contributed by atoms with Gasteiger partial charge in [-0.05, 0) is 47.9 Å². The second-order valence-electron chi connectivity index (χ2n) is 6.99. The number of thiocarbonyl (C=S) groups is 1. The molecule has 2 aromatic carbocycles. The van der Waals surface area contributed by atoms with E-state index in [4.69, 9.17) is 26.4 Å². The third-order valence-electron chi connectivity index (χ3n) is 4.68. The number of nitrogens with one attached hydrogen (secondary N) is 2. The van der Waals surface area contributed by atoms with E-state index < -0.39 is 0 Å². The molecule has 2 aromatic rings. The molecule has 2 amide bonds. The lowest BCUT2D eigenvalue weighted by atomic mass is 10.1. The van der Waals surface area contributed by atoms with Gasteiger partial charge in [-0.3, -0.25) is 9.59 Å². The Morgan fingerprint density at radius 2 is 2.00 bits per heavy atom. The number of thioether (sulfide) groups is 1. The number of ether oxygens (including phenoxy) is 3. The standard InChI is InChI=1S/C22H20N2O5S2/c1-27-18-9-14(10-19-21(26)24-22(30)31-19)4-7-17(18)29-16-5-2-13(3-6-16)8-15-11-28-12-20(25)23-15/h2-7,9-10,15H,8,11-12H2,1H3,(H,23,25)(H,24,26,30)/b19-10+. The van der Waals surface area contributed by atoms with Crippen LogP contribution in [0.5, 0.6) is 17.2 Å². The molecular weight excluding hydrogens is 436 g/mol. The van der Waals surface area contributed by atoms with Crippen molar-refractivity contribution in [2.75, 3.05) is 20.3 Å². The van der Waals surface area contributed by atoms with Gasteiger partial charge in [0.15, 0.2) is 11.5 Å². The zero-order valence-electron chi connectivity index (χ0n) is 16.7. The van der Waals surface area contributed by atoms with Crippen molar-refractivity contribution in [3.63, 3.8) is 0 Å². The molecule has 0 spiro atoms. The van der Waals surface area contributed by atoms with Crippen LogP contribution in [0.15, 0.2) is 47.4 Å². The average molecular weight is 457 g/mol. The lowest BCUT2D eigenvalue weighted by molar-refractivity contribution is -0.131.